The van der Waals surface area contributed by atoms with Gasteiger partial charge in [-0.05, 0) is 35.6 Å². The van der Waals surface area contributed by atoms with Crippen molar-refractivity contribution in [1.82, 2.24) is 4.90 Å². The summed E-state index contributed by atoms with van der Waals surface area (Å²) in [6.45, 7) is 0. The zero-order chi connectivity index (χ0) is 15.2. The highest BCUT2D eigenvalue weighted by atomic mass is 32.2. The van der Waals surface area contributed by atoms with Gasteiger partial charge in [-0.1, -0.05) is 60.7 Å². The first-order valence-electron chi connectivity index (χ1n) is 6.33. The van der Waals surface area contributed by atoms with Crippen molar-refractivity contribution in [2.75, 3.05) is 14.1 Å². The molecule has 0 bridgehead atoms. The van der Waals surface area contributed by atoms with Crippen LogP contribution in [0.2, 0.25) is 0 Å². The number of nitrogens with zero attached hydrogens (tertiary/aromatic N) is 1. The number of hydrogen-bond acceptors (Lipinski definition) is 4. The lowest BCUT2D eigenvalue weighted by atomic mass is 10.1. The summed E-state index contributed by atoms with van der Waals surface area (Å²) in [6.07, 6.45) is 0. The quantitative estimate of drug-likeness (QED) is 0.743. The number of rotatable bonds is 2. The third-order valence-electron chi connectivity index (χ3n) is 2.70. The van der Waals surface area contributed by atoms with Crippen LogP contribution in [0.1, 0.15) is 0 Å². The maximum atomic E-state index is 5.80. The van der Waals surface area contributed by atoms with Crippen LogP contribution >= 0.6 is 36.2 Å². The smallest absolute Gasteiger partial charge is 0.232 e. The Hall–Kier alpha value is -1.43. The number of benzene rings is 2. The number of ether oxygens (including phenoxy) is 1. The van der Waals surface area contributed by atoms with Crippen LogP contribution in [-0.2, 0) is 0 Å². The Labute approximate surface area is 140 Å². The summed E-state index contributed by atoms with van der Waals surface area (Å²) in [5, 5.41) is 0. The molecule has 0 aliphatic rings. The van der Waals surface area contributed by atoms with Gasteiger partial charge in [0.25, 0.3) is 0 Å². The van der Waals surface area contributed by atoms with E-state index in [9.17, 15) is 0 Å². The molecule has 0 aliphatic heterocycles. The van der Waals surface area contributed by atoms with Gasteiger partial charge in [-0.3, -0.25) is 0 Å². The third kappa shape index (κ3) is 4.52. The summed E-state index contributed by atoms with van der Waals surface area (Å²) < 4.78 is 6.88. The summed E-state index contributed by atoms with van der Waals surface area (Å²) in [7, 11) is 3.77. The minimum Gasteiger partial charge on any atom is -0.439 e. The molecule has 0 spiro atoms. The van der Waals surface area contributed by atoms with Crippen molar-refractivity contribution in [3.8, 4) is 16.9 Å². The van der Waals surface area contributed by atoms with Gasteiger partial charge >= 0.3 is 0 Å². The molecule has 0 amide bonds. The van der Waals surface area contributed by atoms with Crippen LogP contribution in [0.15, 0.2) is 54.6 Å². The van der Waals surface area contributed by atoms with E-state index in [2.05, 4.69) is 0 Å². The van der Waals surface area contributed by atoms with E-state index in [1.54, 1.807) is 0 Å². The zero-order valence-corrected chi connectivity index (χ0v) is 14.2. The van der Waals surface area contributed by atoms with Gasteiger partial charge in [0.2, 0.25) is 4.38 Å². The van der Waals surface area contributed by atoms with E-state index in [0.717, 1.165) is 16.9 Å². The van der Waals surface area contributed by atoms with Crippen molar-refractivity contribution in [3.05, 3.63) is 54.6 Å². The highest BCUT2D eigenvalue weighted by molar-refractivity contribution is 8.37. The van der Waals surface area contributed by atoms with Crippen LogP contribution < -0.4 is 4.74 Å². The molecule has 0 fully saturated rings. The Morgan fingerprint density at radius 3 is 2.24 bits per heavy atom. The fraction of sp³-hybridized carbons (Fsp3) is 0.125. The van der Waals surface area contributed by atoms with E-state index in [4.69, 9.17) is 29.2 Å². The van der Waals surface area contributed by atoms with Crippen molar-refractivity contribution in [1.29, 1.82) is 0 Å². The topological polar surface area (TPSA) is 12.5 Å². The van der Waals surface area contributed by atoms with Gasteiger partial charge in [-0.2, -0.15) is 0 Å². The molecule has 108 valence electrons. The van der Waals surface area contributed by atoms with Crippen molar-refractivity contribution < 1.29 is 4.74 Å². The normalized spacial score (nSPS) is 10.0. The molecule has 0 N–H and O–H groups in total. The van der Waals surface area contributed by atoms with Crippen molar-refractivity contribution in [2.45, 2.75) is 0 Å². The molecule has 5 heteroatoms. The van der Waals surface area contributed by atoms with Gasteiger partial charge in [0.05, 0.1) is 0 Å². The largest absolute Gasteiger partial charge is 0.439 e. The predicted molar refractivity (Wildman–Crippen MR) is 99.0 cm³/mol. The molecule has 0 radical (unpaired) electrons. The Morgan fingerprint density at radius 1 is 0.952 bits per heavy atom. The number of para-hydroxylation sites is 1. The van der Waals surface area contributed by atoms with Crippen LogP contribution in [0, 0.1) is 0 Å². The van der Waals surface area contributed by atoms with E-state index in [0.29, 0.717) is 8.70 Å². The van der Waals surface area contributed by atoms with Gasteiger partial charge < -0.3 is 9.64 Å². The van der Waals surface area contributed by atoms with Crippen LogP contribution in [0.3, 0.4) is 0 Å². The highest BCUT2D eigenvalue weighted by Crippen LogP contribution is 2.30. The van der Waals surface area contributed by atoms with Crippen LogP contribution in [0.25, 0.3) is 11.1 Å². The second-order valence-corrected chi connectivity index (χ2v) is 6.71. The minimum atomic E-state index is 0.400. The van der Waals surface area contributed by atoms with Crippen molar-refractivity contribution >= 4 is 44.9 Å². The van der Waals surface area contributed by atoms with Crippen molar-refractivity contribution in [3.63, 3.8) is 0 Å². The molecule has 2 aromatic carbocycles. The average Bonchev–Trinajstić information content (AvgIpc) is 2.48. The molecule has 0 atom stereocenters. The summed E-state index contributed by atoms with van der Waals surface area (Å²) in [5.41, 5.74) is 2.10. The maximum absolute atomic E-state index is 5.80. The van der Waals surface area contributed by atoms with E-state index < -0.39 is 0 Å². The molecule has 0 aromatic heterocycles. The molecule has 21 heavy (non-hydrogen) atoms. The van der Waals surface area contributed by atoms with E-state index >= 15 is 0 Å². The first-order chi connectivity index (χ1) is 10.1. The molecule has 0 aliphatic carbocycles. The molecule has 0 heterocycles. The SMILES string of the molecule is CN(C)C(=S)SC(=S)Oc1ccccc1-c1ccccc1. The molecule has 0 unspecified atom stereocenters. The molecule has 2 nitrogen and oxygen atoms in total. The van der Waals surface area contributed by atoms with Gasteiger partial charge in [-0.25, -0.2) is 0 Å². The fourth-order valence-corrected chi connectivity index (χ4v) is 2.85. The standard InChI is InChI=1S/C16H15NOS3/c1-17(2)15(19)21-16(20)18-14-11-7-6-10-13(14)12-8-4-3-5-9-12/h3-11H,1-2H3. The maximum Gasteiger partial charge on any atom is 0.232 e. The Bertz CT molecular complexity index is 641. The molecule has 2 rings (SSSR count). The van der Waals surface area contributed by atoms with E-state index in [-0.39, 0.29) is 0 Å². The summed E-state index contributed by atoms with van der Waals surface area (Å²) in [6, 6.07) is 17.9. The lowest BCUT2D eigenvalue weighted by Gasteiger charge is -2.15. The Balaban J connectivity index is 2.18. The van der Waals surface area contributed by atoms with Gasteiger partial charge in [0, 0.05) is 19.7 Å². The summed E-state index contributed by atoms with van der Waals surface area (Å²) in [4.78, 5) is 1.83. The van der Waals surface area contributed by atoms with Crippen molar-refractivity contribution in [2.24, 2.45) is 0 Å². The second-order valence-electron chi connectivity index (χ2n) is 4.48. The third-order valence-corrected chi connectivity index (χ3v) is 4.44. The molecule has 0 saturated carbocycles. The minimum absolute atomic E-state index is 0.400. The summed E-state index contributed by atoms with van der Waals surface area (Å²) >= 11 is 11.8. The average molecular weight is 334 g/mol. The van der Waals surface area contributed by atoms with Gasteiger partial charge in [0.1, 0.15) is 10.1 Å². The molecule has 2 aromatic rings. The van der Waals surface area contributed by atoms with E-state index in [1.165, 1.54) is 11.8 Å². The first kappa shape index (κ1) is 15.9. The zero-order valence-electron chi connectivity index (χ0n) is 11.8. The predicted octanol–water partition coefficient (Wildman–Crippen LogP) is 4.60. The Morgan fingerprint density at radius 2 is 1.57 bits per heavy atom. The molecular weight excluding hydrogens is 318 g/mol. The van der Waals surface area contributed by atoms with Crippen LogP contribution in [-0.4, -0.2) is 27.7 Å². The number of thiocarbonyl (C=S) groups is 2. The Kier molecular flexibility index (Phi) is 5.73. The van der Waals surface area contributed by atoms with Gasteiger partial charge in [-0.15, -0.1) is 0 Å². The molecular formula is C16H15NOS3. The number of hydrogen-bond donors (Lipinski definition) is 0. The number of thioether (sulfide) groups is 1. The van der Waals surface area contributed by atoms with Gasteiger partial charge in [0.15, 0.2) is 0 Å². The molecule has 0 saturated heterocycles. The van der Waals surface area contributed by atoms with Crippen LogP contribution in [0.4, 0.5) is 0 Å². The monoisotopic (exact) mass is 333 g/mol. The lowest BCUT2D eigenvalue weighted by molar-refractivity contribution is 0.581. The summed E-state index contributed by atoms with van der Waals surface area (Å²) in [5.74, 6) is 0.739. The van der Waals surface area contributed by atoms with E-state index in [1.807, 2.05) is 73.6 Å². The highest BCUT2D eigenvalue weighted by Gasteiger charge is 2.11. The fourth-order valence-electron chi connectivity index (χ4n) is 1.69. The van der Waals surface area contributed by atoms with Crippen LogP contribution in [0.5, 0.6) is 5.75 Å². The first-order valence-corrected chi connectivity index (χ1v) is 7.96. The lowest BCUT2D eigenvalue weighted by Crippen LogP contribution is -2.19. The second kappa shape index (κ2) is 7.54.